The highest BCUT2D eigenvalue weighted by atomic mass is 16.5. The largest absolute Gasteiger partial charge is 0.464 e. The summed E-state index contributed by atoms with van der Waals surface area (Å²) < 4.78 is 10.2. The lowest BCUT2D eigenvalue weighted by atomic mass is 9.96. The number of ether oxygens (including phenoxy) is 2. The maximum absolute atomic E-state index is 13.2. The van der Waals surface area contributed by atoms with Gasteiger partial charge in [0, 0.05) is 30.5 Å². The van der Waals surface area contributed by atoms with Gasteiger partial charge >= 0.3 is 5.97 Å². The highest BCUT2D eigenvalue weighted by Crippen LogP contribution is 2.35. The van der Waals surface area contributed by atoms with E-state index >= 15 is 0 Å². The molecule has 3 aromatic rings. The topological polar surface area (TPSA) is 131 Å². The fraction of sp³-hybridized carbons (Fsp3) is 0.458. The Balaban J connectivity index is 1.70. The number of nitrogens with zero attached hydrogens (tertiary/aromatic N) is 3. The van der Waals surface area contributed by atoms with Crippen LogP contribution in [0.4, 0.5) is 5.69 Å². The molecular weight excluding hydrogens is 436 g/mol. The Hall–Kier alpha value is -3.53. The van der Waals surface area contributed by atoms with Gasteiger partial charge in [0.15, 0.2) is 5.65 Å². The molecule has 180 valence electrons. The van der Waals surface area contributed by atoms with Crippen molar-refractivity contribution >= 4 is 28.6 Å². The Labute approximate surface area is 197 Å². The molecule has 3 N–H and O–H groups in total. The maximum Gasteiger partial charge on any atom is 0.356 e. The molecule has 34 heavy (non-hydrogen) atoms. The first-order valence-electron chi connectivity index (χ1n) is 11.6. The molecular formula is C24H30N6O4. The molecule has 0 spiro atoms. The van der Waals surface area contributed by atoms with E-state index in [4.69, 9.17) is 14.5 Å². The molecule has 4 rings (SSSR count). The Morgan fingerprint density at radius 3 is 2.68 bits per heavy atom. The van der Waals surface area contributed by atoms with Crippen LogP contribution in [0.25, 0.3) is 11.0 Å². The Morgan fingerprint density at radius 1 is 1.21 bits per heavy atom. The van der Waals surface area contributed by atoms with Crippen molar-refractivity contribution in [1.29, 1.82) is 0 Å². The summed E-state index contributed by atoms with van der Waals surface area (Å²) in [6.07, 6.45) is 4.90. The van der Waals surface area contributed by atoms with E-state index < -0.39 is 5.97 Å². The van der Waals surface area contributed by atoms with Gasteiger partial charge in [-0.2, -0.15) is 5.10 Å². The smallest absolute Gasteiger partial charge is 0.356 e. The monoisotopic (exact) mass is 466 g/mol. The third-order valence-electron chi connectivity index (χ3n) is 6.06. The van der Waals surface area contributed by atoms with E-state index in [0.29, 0.717) is 31.7 Å². The molecule has 1 aliphatic rings. The number of aromatic amines is 1. The van der Waals surface area contributed by atoms with Gasteiger partial charge < -0.3 is 20.1 Å². The number of hydrogen-bond donors (Lipinski definition) is 3. The summed E-state index contributed by atoms with van der Waals surface area (Å²) in [5.74, 6) is -0.962. The molecule has 4 heterocycles. The number of hydrogen-bond acceptors (Lipinski definition) is 8. The van der Waals surface area contributed by atoms with Crippen molar-refractivity contribution in [2.24, 2.45) is 0 Å². The SMILES string of the molecule is CCc1nc2[nH]ncc2c(NC2CCOCC2)c1C(CC)NC(=O)c1cccc(C(=O)OC)n1. The maximum atomic E-state index is 13.2. The molecule has 1 atom stereocenters. The zero-order valence-corrected chi connectivity index (χ0v) is 19.7. The van der Waals surface area contributed by atoms with E-state index in [1.54, 1.807) is 18.3 Å². The van der Waals surface area contributed by atoms with Crippen molar-refractivity contribution in [2.45, 2.75) is 51.6 Å². The van der Waals surface area contributed by atoms with Gasteiger partial charge in [-0.05, 0) is 37.8 Å². The molecule has 10 nitrogen and oxygen atoms in total. The van der Waals surface area contributed by atoms with Crippen molar-refractivity contribution < 1.29 is 19.1 Å². The van der Waals surface area contributed by atoms with E-state index in [1.807, 2.05) is 13.8 Å². The van der Waals surface area contributed by atoms with Crippen LogP contribution in [-0.2, 0) is 15.9 Å². The van der Waals surface area contributed by atoms with Gasteiger partial charge in [-0.1, -0.05) is 19.9 Å². The minimum atomic E-state index is -0.590. The zero-order valence-electron chi connectivity index (χ0n) is 19.7. The molecule has 3 aromatic heterocycles. The number of anilines is 1. The van der Waals surface area contributed by atoms with E-state index in [2.05, 4.69) is 25.8 Å². The predicted molar refractivity (Wildman–Crippen MR) is 127 cm³/mol. The predicted octanol–water partition coefficient (Wildman–Crippen LogP) is 3.17. The number of pyridine rings is 2. The van der Waals surface area contributed by atoms with Gasteiger partial charge in [-0.3, -0.25) is 9.89 Å². The number of methoxy groups -OCH3 is 1. The lowest BCUT2D eigenvalue weighted by Crippen LogP contribution is -2.33. The molecule has 0 aliphatic carbocycles. The molecule has 0 radical (unpaired) electrons. The van der Waals surface area contributed by atoms with Crippen LogP contribution >= 0.6 is 0 Å². The van der Waals surface area contributed by atoms with Crippen LogP contribution in [-0.4, -0.2) is 58.4 Å². The van der Waals surface area contributed by atoms with Crippen LogP contribution in [0.3, 0.4) is 0 Å². The number of rotatable bonds is 8. The first-order chi connectivity index (χ1) is 16.5. The second kappa shape index (κ2) is 10.6. The molecule has 0 saturated carbocycles. The van der Waals surface area contributed by atoms with Gasteiger partial charge in [-0.25, -0.2) is 14.8 Å². The van der Waals surface area contributed by atoms with Crippen LogP contribution in [0.15, 0.2) is 24.4 Å². The summed E-state index contributed by atoms with van der Waals surface area (Å²) in [6.45, 7) is 5.48. The number of H-pyrrole nitrogens is 1. The van der Waals surface area contributed by atoms with E-state index in [0.717, 1.165) is 35.2 Å². The number of fused-ring (bicyclic) bond motifs is 1. The van der Waals surface area contributed by atoms with E-state index in [1.165, 1.54) is 13.2 Å². The van der Waals surface area contributed by atoms with Crippen LogP contribution in [0.2, 0.25) is 0 Å². The summed E-state index contributed by atoms with van der Waals surface area (Å²) in [4.78, 5) is 34.0. The Bertz CT molecular complexity index is 1170. The Morgan fingerprint density at radius 2 is 1.97 bits per heavy atom. The van der Waals surface area contributed by atoms with Gasteiger partial charge in [-0.15, -0.1) is 0 Å². The number of aromatic nitrogens is 4. The van der Waals surface area contributed by atoms with Crippen LogP contribution < -0.4 is 10.6 Å². The first-order valence-corrected chi connectivity index (χ1v) is 11.6. The van der Waals surface area contributed by atoms with E-state index in [9.17, 15) is 9.59 Å². The summed E-state index contributed by atoms with van der Waals surface area (Å²) in [6, 6.07) is 4.64. The lowest BCUT2D eigenvalue weighted by Gasteiger charge is -2.29. The van der Waals surface area contributed by atoms with E-state index in [-0.39, 0.29) is 29.4 Å². The van der Waals surface area contributed by atoms with Gasteiger partial charge in [0.05, 0.1) is 30.4 Å². The highest BCUT2D eigenvalue weighted by Gasteiger charge is 2.26. The van der Waals surface area contributed by atoms with Crippen molar-refractivity contribution in [1.82, 2.24) is 25.5 Å². The third-order valence-corrected chi connectivity index (χ3v) is 6.06. The summed E-state index contributed by atoms with van der Waals surface area (Å²) >= 11 is 0. The van der Waals surface area contributed by atoms with Crippen molar-refractivity contribution in [3.05, 3.63) is 47.0 Å². The van der Waals surface area contributed by atoms with Crippen LogP contribution in [0.1, 0.15) is 71.4 Å². The second-order valence-corrected chi connectivity index (χ2v) is 8.20. The zero-order chi connectivity index (χ0) is 24.1. The van der Waals surface area contributed by atoms with Crippen molar-refractivity contribution in [2.75, 3.05) is 25.6 Å². The molecule has 1 unspecified atom stereocenters. The van der Waals surface area contributed by atoms with Crippen LogP contribution in [0, 0.1) is 0 Å². The Kier molecular flexibility index (Phi) is 7.36. The molecule has 1 fully saturated rings. The van der Waals surface area contributed by atoms with Crippen molar-refractivity contribution in [3.8, 4) is 0 Å². The summed E-state index contributed by atoms with van der Waals surface area (Å²) in [5, 5.41) is 14.9. The van der Waals surface area contributed by atoms with Gasteiger partial charge in [0.25, 0.3) is 5.91 Å². The number of carbonyl (C=O) groups is 2. The number of aryl methyl sites for hydroxylation is 1. The average molecular weight is 467 g/mol. The quantitative estimate of drug-likeness (QED) is 0.432. The fourth-order valence-electron chi connectivity index (χ4n) is 4.27. The first kappa shape index (κ1) is 23.6. The average Bonchev–Trinajstić information content (AvgIpc) is 3.36. The molecule has 1 aliphatic heterocycles. The molecule has 1 saturated heterocycles. The molecule has 0 aromatic carbocycles. The normalized spacial score (nSPS) is 15.1. The number of amides is 1. The summed E-state index contributed by atoms with van der Waals surface area (Å²) in [7, 11) is 1.28. The summed E-state index contributed by atoms with van der Waals surface area (Å²) in [5.41, 5.74) is 3.71. The van der Waals surface area contributed by atoms with Crippen molar-refractivity contribution in [3.63, 3.8) is 0 Å². The highest BCUT2D eigenvalue weighted by molar-refractivity contribution is 5.96. The molecule has 1 amide bonds. The molecule has 0 bridgehead atoms. The third kappa shape index (κ3) is 4.86. The van der Waals surface area contributed by atoms with Gasteiger partial charge in [0.2, 0.25) is 0 Å². The van der Waals surface area contributed by atoms with Crippen LogP contribution in [0.5, 0.6) is 0 Å². The standard InChI is InChI=1S/C24H30N6O4/c1-4-16-20(17(5-2)29-23(31)18-7-6-8-19(27-18)24(32)33-3)21(15-13-25-30-22(15)28-16)26-14-9-11-34-12-10-14/h6-8,13-14,17H,4-5,9-12H2,1-3H3,(H,29,31)(H2,25,26,28,30). The number of esters is 1. The minimum absolute atomic E-state index is 0.0841. The number of nitrogens with one attached hydrogen (secondary N) is 3. The fourth-order valence-corrected chi connectivity index (χ4v) is 4.27. The molecule has 10 heteroatoms. The lowest BCUT2D eigenvalue weighted by molar-refractivity contribution is 0.0594. The number of carbonyl (C=O) groups excluding carboxylic acids is 2. The van der Waals surface area contributed by atoms with Gasteiger partial charge in [0.1, 0.15) is 11.4 Å². The second-order valence-electron chi connectivity index (χ2n) is 8.20. The minimum Gasteiger partial charge on any atom is -0.464 e.